The number of benzene rings is 2. The molecular formula is C33H47N3O5. The number of carbonyl (C=O) groups is 2. The Hall–Kier alpha value is -3.10. The summed E-state index contributed by atoms with van der Waals surface area (Å²) < 4.78 is 17.3. The van der Waals surface area contributed by atoms with Crippen molar-refractivity contribution in [1.29, 1.82) is 0 Å². The van der Waals surface area contributed by atoms with Gasteiger partial charge < -0.3 is 29.7 Å². The third-order valence-corrected chi connectivity index (χ3v) is 7.95. The van der Waals surface area contributed by atoms with Crippen molar-refractivity contribution < 1.29 is 23.8 Å². The zero-order valence-electron chi connectivity index (χ0n) is 25.3. The van der Waals surface area contributed by atoms with Gasteiger partial charge in [-0.3, -0.25) is 4.79 Å². The number of hydrogen-bond donors (Lipinski definition) is 2. The van der Waals surface area contributed by atoms with Crippen LogP contribution in [0, 0.1) is 5.92 Å². The van der Waals surface area contributed by atoms with Gasteiger partial charge >= 0.3 is 6.09 Å². The molecule has 1 saturated heterocycles. The average Bonchev–Trinajstić information content (AvgIpc) is 2.95. The normalized spacial score (nSPS) is 19.5. The Morgan fingerprint density at radius 2 is 1.68 bits per heavy atom. The van der Waals surface area contributed by atoms with Crippen molar-refractivity contribution in [2.45, 2.75) is 76.9 Å². The van der Waals surface area contributed by atoms with Crippen molar-refractivity contribution in [2.24, 2.45) is 5.92 Å². The fraction of sp³-hybridized carbons (Fsp3) is 0.576. The summed E-state index contributed by atoms with van der Waals surface area (Å²) in [7, 11) is 1.72. The number of methoxy groups -OCH3 is 1. The molecule has 0 bridgehead atoms. The van der Waals surface area contributed by atoms with E-state index in [2.05, 4.69) is 29.7 Å². The molecular weight excluding hydrogens is 518 g/mol. The first-order valence-corrected chi connectivity index (χ1v) is 15.0. The van der Waals surface area contributed by atoms with E-state index in [9.17, 15) is 9.59 Å². The van der Waals surface area contributed by atoms with Crippen LogP contribution in [0.4, 0.5) is 4.79 Å². The van der Waals surface area contributed by atoms with Crippen LogP contribution in [0.3, 0.4) is 0 Å². The summed E-state index contributed by atoms with van der Waals surface area (Å²) >= 11 is 0. The summed E-state index contributed by atoms with van der Waals surface area (Å²) in [6.07, 6.45) is 3.97. The van der Waals surface area contributed by atoms with E-state index >= 15 is 0 Å². The first-order valence-electron chi connectivity index (χ1n) is 15.0. The highest BCUT2D eigenvalue weighted by molar-refractivity contribution is 5.80. The molecule has 4 rings (SSSR count). The molecule has 2 heterocycles. The zero-order valence-corrected chi connectivity index (χ0v) is 25.3. The van der Waals surface area contributed by atoms with Crippen LogP contribution in [-0.4, -0.2) is 68.4 Å². The number of piperidine rings is 1. The number of nitrogens with zero attached hydrogens (tertiary/aromatic N) is 1. The third-order valence-electron chi connectivity index (χ3n) is 7.95. The van der Waals surface area contributed by atoms with Gasteiger partial charge in [-0.2, -0.15) is 0 Å². The highest BCUT2D eigenvalue weighted by atomic mass is 16.6. The fourth-order valence-electron chi connectivity index (χ4n) is 6.03. The van der Waals surface area contributed by atoms with Gasteiger partial charge in [0.1, 0.15) is 17.1 Å². The van der Waals surface area contributed by atoms with E-state index in [4.69, 9.17) is 14.2 Å². The Kier molecular flexibility index (Phi) is 10.3. The van der Waals surface area contributed by atoms with Gasteiger partial charge in [0.2, 0.25) is 5.91 Å². The van der Waals surface area contributed by atoms with Gasteiger partial charge in [0.25, 0.3) is 0 Å². The number of fused-ring (bicyclic) bond motifs is 2. The van der Waals surface area contributed by atoms with Crippen LogP contribution >= 0.6 is 0 Å². The first kappa shape index (κ1) is 30.8. The second kappa shape index (κ2) is 13.7. The number of likely N-dealkylation sites (tertiary alicyclic amines) is 1. The van der Waals surface area contributed by atoms with E-state index < -0.39 is 11.0 Å². The maximum Gasteiger partial charge on any atom is 0.410 e. The molecule has 2 atom stereocenters. The Balaban J connectivity index is 1.58. The van der Waals surface area contributed by atoms with Gasteiger partial charge in [0.05, 0.1) is 5.92 Å². The molecule has 8 heteroatoms. The summed E-state index contributed by atoms with van der Waals surface area (Å²) in [4.78, 5) is 28.6. The summed E-state index contributed by atoms with van der Waals surface area (Å²) in [6.45, 7) is 10.5. The molecule has 8 nitrogen and oxygen atoms in total. The van der Waals surface area contributed by atoms with Gasteiger partial charge in [-0.1, -0.05) is 43.3 Å². The average molecular weight is 566 g/mol. The van der Waals surface area contributed by atoms with E-state index in [0.29, 0.717) is 32.7 Å². The first-order chi connectivity index (χ1) is 19.7. The zero-order chi connectivity index (χ0) is 29.5. The lowest BCUT2D eigenvalue weighted by Gasteiger charge is -2.42. The summed E-state index contributed by atoms with van der Waals surface area (Å²) in [5.41, 5.74) is 1.11. The highest BCUT2D eigenvalue weighted by Gasteiger charge is 2.43. The fourth-order valence-corrected chi connectivity index (χ4v) is 6.03. The monoisotopic (exact) mass is 565 g/mol. The standard InChI is InChI=1S/C33H47N3O5/c1-6-18-34-25-20-24(21-36(22-25)31(38)41-32(2,3)4)30(37)35-23-33(17-11-12-19-39-5)26-13-7-9-15-28(26)40-29-16-10-8-14-27(29)33/h7-10,13-16,24-25,34H,6,11-12,17-23H2,1-5H3,(H,35,37)/t24-,25+/m0/s1. The SMILES string of the molecule is CCCN[C@@H]1C[C@H](C(=O)NCC2(CCCCOC)c3ccccc3Oc3ccccc32)CN(C(=O)OC(C)(C)C)C1. The molecule has 0 radical (unpaired) electrons. The van der Waals surface area contributed by atoms with Gasteiger partial charge in [0, 0.05) is 55.9 Å². The second-order valence-electron chi connectivity index (χ2n) is 12.3. The molecule has 224 valence electrons. The van der Waals surface area contributed by atoms with Gasteiger partial charge in [-0.25, -0.2) is 4.79 Å². The van der Waals surface area contributed by atoms with Crippen molar-refractivity contribution >= 4 is 12.0 Å². The van der Waals surface area contributed by atoms with Crippen LogP contribution in [-0.2, 0) is 19.7 Å². The number of nitrogens with one attached hydrogen (secondary N) is 2. The van der Waals surface area contributed by atoms with Crippen molar-refractivity contribution in [2.75, 3.05) is 39.9 Å². The van der Waals surface area contributed by atoms with E-state index in [1.165, 1.54) is 0 Å². The molecule has 0 spiro atoms. The van der Waals surface area contributed by atoms with Crippen molar-refractivity contribution in [3.8, 4) is 11.5 Å². The largest absolute Gasteiger partial charge is 0.457 e. The van der Waals surface area contributed by atoms with Gasteiger partial charge in [0.15, 0.2) is 0 Å². The van der Waals surface area contributed by atoms with Crippen molar-refractivity contribution in [3.63, 3.8) is 0 Å². The van der Waals surface area contributed by atoms with Crippen LogP contribution < -0.4 is 15.4 Å². The summed E-state index contributed by atoms with van der Waals surface area (Å²) in [5, 5.41) is 6.86. The van der Waals surface area contributed by atoms with E-state index in [-0.39, 0.29) is 24.0 Å². The number of rotatable bonds is 11. The molecule has 2 aliphatic heterocycles. The van der Waals surface area contributed by atoms with Crippen molar-refractivity contribution in [1.82, 2.24) is 15.5 Å². The number of ether oxygens (including phenoxy) is 3. The number of amides is 2. The molecule has 0 saturated carbocycles. The summed E-state index contributed by atoms with van der Waals surface area (Å²) in [6, 6.07) is 16.3. The predicted molar refractivity (Wildman–Crippen MR) is 160 cm³/mol. The number of unbranched alkanes of at least 4 members (excludes halogenated alkanes) is 1. The molecule has 2 aromatic carbocycles. The smallest absolute Gasteiger partial charge is 0.410 e. The van der Waals surface area contributed by atoms with Crippen LogP contribution in [0.15, 0.2) is 48.5 Å². The highest BCUT2D eigenvalue weighted by Crippen LogP contribution is 2.50. The van der Waals surface area contributed by atoms with Crippen LogP contribution in [0.2, 0.25) is 0 Å². The maximum absolute atomic E-state index is 13.9. The minimum atomic E-state index is -0.600. The van der Waals surface area contributed by atoms with E-state index in [1.54, 1.807) is 12.0 Å². The van der Waals surface area contributed by atoms with Crippen LogP contribution in [0.5, 0.6) is 11.5 Å². The van der Waals surface area contributed by atoms with Gasteiger partial charge in [-0.15, -0.1) is 0 Å². The lowest BCUT2D eigenvalue weighted by Crippen LogP contribution is -2.56. The summed E-state index contributed by atoms with van der Waals surface area (Å²) in [5.74, 6) is 1.26. The predicted octanol–water partition coefficient (Wildman–Crippen LogP) is 5.64. The Labute approximate surface area is 245 Å². The van der Waals surface area contributed by atoms with E-state index in [1.807, 2.05) is 57.2 Å². The Morgan fingerprint density at radius 1 is 1.02 bits per heavy atom. The van der Waals surface area contributed by atoms with Crippen molar-refractivity contribution in [3.05, 3.63) is 59.7 Å². The number of hydrogen-bond acceptors (Lipinski definition) is 6. The number of para-hydroxylation sites is 2. The Bertz CT molecular complexity index is 1130. The molecule has 2 N–H and O–H groups in total. The van der Waals surface area contributed by atoms with E-state index in [0.717, 1.165) is 54.9 Å². The lowest BCUT2D eigenvalue weighted by molar-refractivity contribution is -0.127. The molecule has 0 unspecified atom stereocenters. The van der Waals surface area contributed by atoms with Crippen LogP contribution in [0.25, 0.3) is 0 Å². The molecule has 0 aliphatic carbocycles. The Morgan fingerprint density at radius 3 is 2.29 bits per heavy atom. The topological polar surface area (TPSA) is 89.1 Å². The molecule has 2 amide bonds. The molecule has 0 aromatic heterocycles. The third kappa shape index (κ3) is 7.60. The lowest BCUT2D eigenvalue weighted by atomic mass is 9.69. The molecule has 1 fully saturated rings. The second-order valence-corrected chi connectivity index (χ2v) is 12.3. The van der Waals surface area contributed by atoms with Crippen LogP contribution in [0.1, 0.15) is 70.9 Å². The molecule has 2 aliphatic rings. The maximum atomic E-state index is 13.9. The van der Waals surface area contributed by atoms with Gasteiger partial charge in [-0.05, 0) is 71.6 Å². The molecule has 41 heavy (non-hydrogen) atoms. The number of carbonyl (C=O) groups excluding carboxylic acids is 2. The minimum absolute atomic E-state index is 0.0273. The minimum Gasteiger partial charge on any atom is -0.457 e. The molecule has 2 aromatic rings. The quantitative estimate of drug-likeness (QED) is 0.343.